The average molecular weight is 413 g/mol. The van der Waals surface area contributed by atoms with Crippen LogP contribution in [0.4, 0.5) is 0 Å². The fraction of sp³-hybridized carbons (Fsp3) is 0.739. The van der Waals surface area contributed by atoms with Gasteiger partial charge < -0.3 is 4.74 Å². The molecule has 0 spiro atoms. The minimum atomic E-state index is -4.07. The number of unbranched alkanes of at least 4 members (excludes halogenated alkanes) is 8. The smallest absolute Gasteiger partial charge is 0.270 e. The molecule has 0 fully saturated rings. The molecule has 0 bridgehead atoms. The molecule has 0 aromatic heterocycles. The van der Waals surface area contributed by atoms with Crippen LogP contribution in [-0.4, -0.2) is 24.8 Å². The van der Waals surface area contributed by atoms with Crippen molar-refractivity contribution in [3.8, 4) is 5.75 Å². The Labute approximate surface area is 172 Å². The van der Waals surface area contributed by atoms with E-state index < -0.39 is 15.4 Å². The molecule has 0 saturated carbocycles. The van der Waals surface area contributed by atoms with Crippen LogP contribution in [-0.2, 0) is 23.0 Å². The molecule has 1 aromatic rings. The summed E-state index contributed by atoms with van der Waals surface area (Å²) in [4.78, 5) is 0. The largest absolute Gasteiger partial charge is 0.492 e. The van der Waals surface area contributed by atoms with Crippen LogP contribution in [0.2, 0.25) is 0 Å². The zero-order valence-electron chi connectivity index (χ0n) is 18.1. The summed E-state index contributed by atoms with van der Waals surface area (Å²) < 4.78 is 37.4. The van der Waals surface area contributed by atoms with Crippen LogP contribution in [0.1, 0.15) is 96.1 Å². The van der Waals surface area contributed by atoms with Gasteiger partial charge in [-0.1, -0.05) is 77.3 Å². The summed E-state index contributed by atoms with van der Waals surface area (Å²) in [6.07, 6.45) is 14.4. The number of hydrogen-bond donors (Lipinski definition) is 1. The molecule has 1 aromatic carbocycles. The van der Waals surface area contributed by atoms with Crippen molar-refractivity contribution in [2.75, 3.05) is 6.61 Å². The van der Waals surface area contributed by atoms with Crippen LogP contribution in [0, 0.1) is 0 Å². The maximum atomic E-state index is 11.2. The topological polar surface area (TPSA) is 63.6 Å². The third kappa shape index (κ3) is 10.5. The fourth-order valence-corrected chi connectivity index (χ4v) is 3.51. The van der Waals surface area contributed by atoms with Gasteiger partial charge >= 0.3 is 0 Å². The van der Waals surface area contributed by atoms with Crippen molar-refractivity contribution >= 4 is 10.1 Å². The van der Waals surface area contributed by atoms with Gasteiger partial charge in [0.15, 0.2) is 0 Å². The Balaban J connectivity index is 2.70. The molecule has 0 saturated heterocycles. The monoisotopic (exact) mass is 412 g/mol. The summed E-state index contributed by atoms with van der Waals surface area (Å²) in [5.74, 6) is 0.751. The van der Waals surface area contributed by atoms with Crippen molar-refractivity contribution in [1.82, 2.24) is 0 Å². The second-order valence-electron chi connectivity index (χ2n) is 7.91. The Kier molecular flexibility index (Phi) is 12.5. The molecule has 1 unspecified atom stereocenters. The van der Waals surface area contributed by atoms with Gasteiger partial charge in [-0.05, 0) is 49.8 Å². The van der Waals surface area contributed by atoms with Crippen LogP contribution < -0.4 is 4.74 Å². The molecule has 0 radical (unpaired) electrons. The van der Waals surface area contributed by atoms with E-state index >= 15 is 0 Å². The van der Waals surface area contributed by atoms with Gasteiger partial charge in [-0.15, -0.1) is 0 Å². The summed E-state index contributed by atoms with van der Waals surface area (Å²) in [5.41, 5.74) is 2.49. The van der Waals surface area contributed by atoms with Crippen molar-refractivity contribution < 1.29 is 17.7 Å². The summed E-state index contributed by atoms with van der Waals surface area (Å²) in [6.45, 7) is 5.88. The highest BCUT2D eigenvalue weighted by Crippen LogP contribution is 2.24. The van der Waals surface area contributed by atoms with Crippen LogP contribution >= 0.6 is 0 Å². The predicted molar refractivity (Wildman–Crippen MR) is 118 cm³/mol. The van der Waals surface area contributed by atoms with E-state index in [1.165, 1.54) is 70.3 Å². The maximum Gasteiger partial charge on any atom is 0.270 e. The van der Waals surface area contributed by atoms with E-state index in [1.807, 2.05) is 6.07 Å². The van der Waals surface area contributed by atoms with Crippen molar-refractivity contribution in [3.63, 3.8) is 0 Å². The lowest BCUT2D eigenvalue weighted by Gasteiger charge is -2.15. The second-order valence-corrected chi connectivity index (χ2v) is 9.74. The van der Waals surface area contributed by atoms with Crippen molar-refractivity contribution in [3.05, 3.63) is 29.3 Å². The number of rotatable bonds is 16. The van der Waals surface area contributed by atoms with Crippen molar-refractivity contribution in [2.24, 2.45) is 0 Å². The predicted octanol–water partition coefficient (Wildman–Crippen LogP) is 6.37. The van der Waals surface area contributed by atoms with E-state index in [1.54, 1.807) is 0 Å². The van der Waals surface area contributed by atoms with Crippen molar-refractivity contribution in [2.45, 2.75) is 103 Å². The Hall–Kier alpha value is -1.07. The zero-order chi connectivity index (χ0) is 20.8. The Morgan fingerprint density at radius 2 is 1.46 bits per heavy atom. The van der Waals surface area contributed by atoms with Gasteiger partial charge in [0.25, 0.3) is 10.1 Å². The molecule has 1 N–H and O–H groups in total. The molecule has 0 aliphatic heterocycles. The summed E-state index contributed by atoms with van der Waals surface area (Å²) in [5, 5.41) is -0.928. The SMILES string of the molecule is CCCCCCCc1ccc(OCC(C)S(=O)(=O)O)c(CCCCCCC)c1. The first kappa shape index (κ1) is 25.0. The highest BCUT2D eigenvalue weighted by atomic mass is 32.2. The van der Waals surface area contributed by atoms with E-state index in [-0.39, 0.29) is 6.61 Å². The number of aryl methyl sites for hydroxylation is 2. The molecular weight excluding hydrogens is 372 g/mol. The van der Waals surface area contributed by atoms with Gasteiger partial charge in [0.2, 0.25) is 0 Å². The zero-order valence-corrected chi connectivity index (χ0v) is 18.9. The highest BCUT2D eigenvalue weighted by Gasteiger charge is 2.18. The molecule has 162 valence electrons. The van der Waals surface area contributed by atoms with Crippen LogP contribution in [0.3, 0.4) is 0 Å². The van der Waals surface area contributed by atoms with Gasteiger partial charge in [-0.25, -0.2) is 0 Å². The number of benzene rings is 1. The molecule has 0 heterocycles. The van der Waals surface area contributed by atoms with E-state index in [2.05, 4.69) is 26.0 Å². The molecule has 28 heavy (non-hydrogen) atoms. The van der Waals surface area contributed by atoms with Gasteiger partial charge in [0.1, 0.15) is 17.6 Å². The number of ether oxygens (including phenoxy) is 1. The summed E-state index contributed by atoms with van der Waals surface area (Å²) in [7, 11) is -4.07. The standard InChI is InChI=1S/C23H40O4S/c1-4-6-8-10-12-14-21-16-17-23(27-19-20(3)28(24,25)26)22(18-21)15-13-11-9-7-5-2/h16-18,20H,4-15,19H2,1-3H3,(H,24,25,26). The molecule has 0 aliphatic carbocycles. The van der Waals surface area contributed by atoms with Crippen LogP contribution in [0.5, 0.6) is 5.75 Å². The van der Waals surface area contributed by atoms with Crippen LogP contribution in [0.25, 0.3) is 0 Å². The van der Waals surface area contributed by atoms with Gasteiger partial charge in [-0.3, -0.25) is 4.55 Å². The minimum absolute atomic E-state index is 0.0297. The maximum absolute atomic E-state index is 11.2. The average Bonchev–Trinajstić information content (AvgIpc) is 2.65. The second kappa shape index (κ2) is 14.0. The quantitative estimate of drug-likeness (QED) is 0.253. The molecule has 1 atom stereocenters. The summed E-state index contributed by atoms with van der Waals surface area (Å²) in [6, 6.07) is 6.29. The molecular formula is C23H40O4S. The number of hydrogen-bond acceptors (Lipinski definition) is 3. The highest BCUT2D eigenvalue weighted by molar-refractivity contribution is 7.86. The lowest BCUT2D eigenvalue weighted by Crippen LogP contribution is -2.24. The van der Waals surface area contributed by atoms with Gasteiger partial charge in [0.05, 0.1) is 0 Å². The first-order valence-corrected chi connectivity index (χ1v) is 12.6. The van der Waals surface area contributed by atoms with Crippen LogP contribution in [0.15, 0.2) is 18.2 Å². The summed E-state index contributed by atoms with van der Waals surface area (Å²) >= 11 is 0. The lowest BCUT2D eigenvalue weighted by molar-refractivity contribution is 0.307. The lowest BCUT2D eigenvalue weighted by atomic mass is 9.99. The van der Waals surface area contributed by atoms with E-state index in [4.69, 9.17) is 9.29 Å². The normalized spacial score (nSPS) is 12.9. The third-order valence-electron chi connectivity index (χ3n) is 5.23. The molecule has 4 nitrogen and oxygen atoms in total. The Bertz CT molecular complexity index is 640. The first-order chi connectivity index (χ1) is 13.4. The molecule has 5 heteroatoms. The van der Waals surface area contributed by atoms with E-state index in [9.17, 15) is 8.42 Å². The fourth-order valence-electron chi connectivity index (χ4n) is 3.27. The van der Waals surface area contributed by atoms with Crippen molar-refractivity contribution in [1.29, 1.82) is 0 Å². The Morgan fingerprint density at radius 1 is 0.893 bits per heavy atom. The molecule has 0 amide bonds. The third-order valence-corrected chi connectivity index (χ3v) is 6.38. The first-order valence-electron chi connectivity index (χ1n) is 11.1. The van der Waals surface area contributed by atoms with Gasteiger partial charge in [-0.2, -0.15) is 8.42 Å². The van der Waals surface area contributed by atoms with Gasteiger partial charge in [0, 0.05) is 0 Å². The Morgan fingerprint density at radius 3 is 2.04 bits per heavy atom. The molecule has 0 aliphatic rings. The van der Waals surface area contributed by atoms with E-state index in [0.29, 0.717) is 0 Å². The minimum Gasteiger partial charge on any atom is -0.492 e. The van der Waals surface area contributed by atoms with E-state index in [0.717, 1.165) is 30.6 Å². The molecule has 1 rings (SSSR count).